The molecule has 0 aliphatic carbocycles. The summed E-state index contributed by atoms with van der Waals surface area (Å²) in [6.45, 7) is 0. The smallest absolute Gasteiger partial charge is 0.271 e. The number of hydrogen-bond acceptors (Lipinski definition) is 4. The van der Waals surface area contributed by atoms with Crippen LogP contribution in [0.2, 0.25) is 0 Å². The van der Waals surface area contributed by atoms with Crippen LogP contribution in [0.3, 0.4) is 0 Å². The molecule has 1 amide bonds. The van der Waals surface area contributed by atoms with E-state index in [4.69, 9.17) is 4.74 Å². The topological polar surface area (TPSA) is 63.7 Å². The first-order valence-corrected chi connectivity index (χ1v) is 10.1. The molecular formula is C22H18FNO4S. The Balaban J connectivity index is 2.02. The summed E-state index contributed by atoms with van der Waals surface area (Å²) in [7, 11) is -2.66. The standard InChI is InChI=1S/C22H18FNO4S/c1-28-20-14-12-19(13-15-20)24(29(26,27)21-5-3-2-4-6-21)22(25)16-9-17-7-10-18(23)11-8-17/h2-16H,1H3/b16-9+. The zero-order valence-corrected chi connectivity index (χ0v) is 16.3. The number of amides is 1. The van der Waals surface area contributed by atoms with Crippen molar-refractivity contribution in [2.75, 3.05) is 11.4 Å². The molecule has 7 heteroatoms. The van der Waals surface area contributed by atoms with E-state index in [1.54, 1.807) is 30.3 Å². The molecule has 0 unspecified atom stereocenters. The molecule has 0 aliphatic rings. The van der Waals surface area contributed by atoms with E-state index in [1.807, 2.05) is 0 Å². The van der Waals surface area contributed by atoms with Gasteiger partial charge in [-0.1, -0.05) is 30.3 Å². The molecule has 0 heterocycles. The minimum atomic E-state index is -4.15. The van der Waals surface area contributed by atoms with Gasteiger partial charge in [-0.25, -0.2) is 12.8 Å². The quantitative estimate of drug-likeness (QED) is 0.569. The molecular weight excluding hydrogens is 393 g/mol. The second kappa shape index (κ2) is 8.70. The van der Waals surface area contributed by atoms with Crippen LogP contribution < -0.4 is 9.04 Å². The Kier molecular flexibility index (Phi) is 6.09. The normalized spacial score (nSPS) is 11.4. The lowest BCUT2D eigenvalue weighted by atomic mass is 10.2. The van der Waals surface area contributed by atoms with Crippen LogP contribution in [0.15, 0.2) is 89.8 Å². The number of benzene rings is 3. The Morgan fingerprint density at radius 3 is 2.14 bits per heavy atom. The summed E-state index contributed by atoms with van der Waals surface area (Å²) >= 11 is 0. The molecule has 3 rings (SSSR count). The molecule has 0 saturated carbocycles. The maximum Gasteiger partial charge on any atom is 0.271 e. The zero-order valence-electron chi connectivity index (χ0n) is 15.5. The number of anilines is 1. The van der Waals surface area contributed by atoms with Crippen LogP contribution in [-0.2, 0) is 14.8 Å². The van der Waals surface area contributed by atoms with Gasteiger partial charge in [-0.2, -0.15) is 4.31 Å². The highest BCUT2D eigenvalue weighted by atomic mass is 32.2. The molecule has 3 aromatic rings. The molecule has 5 nitrogen and oxygen atoms in total. The maximum atomic E-state index is 13.2. The third-order valence-corrected chi connectivity index (χ3v) is 5.82. The number of carbonyl (C=O) groups is 1. The van der Waals surface area contributed by atoms with Crippen LogP contribution in [0, 0.1) is 5.82 Å². The van der Waals surface area contributed by atoms with E-state index in [0.717, 1.165) is 10.4 Å². The fourth-order valence-corrected chi connectivity index (χ4v) is 4.02. The predicted molar refractivity (Wildman–Crippen MR) is 110 cm³/mol. The number of carbonyl (C=O) groups excluding carboxylic acids is 1. The van der Waals surface area contributed by atoms with Crippen molar-refractivity contribution < 1.29 is 22.3 Å². The minimum Gasteiger partial charge on any atom is -0.497 e. The van der Waals surface area contributed by atoms with Crippen molar-refractivity contribution in [3.8, 4) is 5.75 Å². The van der Waals surface area contributed by atoms with Crippen molar-refractivity contribution >= 4 is 27.7 Å². The highest BCUT2D eigenvalue weighted by Gasteiger charge is 2.29. The predicted octanol–water partition coefficient (Wildman–Crippen LogP) is 4.27. The van der Waals surface area contributed by atoms with E-state index >= 15 is 0 Å². The van der Waals surface area contributed by atoms with Crippen molar-refractivity contribution in [3.05, 3.63) is 96.3 Å². The van der Waals surface area contributed by atoms with Gasteiger partial charge in [0.05, 0.1) is 17.7 Å². The molecule has 0 atom stereocenters. The van der Waals surface area contributed by atoms with Gasteiger partial charge in [-0.3, -0.25) is 4.79 Å². The van der Waals surface area contributed by atoms with Gasteiger partial charge < -0.3 is 4.74 Å². The molecule has 0 saturated heterocycles. The van der Waals surface area contributed by atoms with E-state index in [-0.39, 0.29) is 10.6 Å². The van der Waals surface area contributed by atoms with E-state index in [1.165, 1.54) is 61.7 Å². The average molecular weight is 411 g/mol. The van der Waals surface area contributed by atoms with Gasteiger partial charge in [-0.15, -0.1) is 0 Å². The first kappa shape index (κ1) is 20.3. The average Bonchev–Trinajstić information content (AvgIpc) is 2.74. The van der Waals surface area contributed by atoms with Crippen molar-refractivity contribution in [3.63, 3.8) is 0 Å². The van der Waals surface area contributed by atoms with Gasteiger partial charge in [0.1, 0.15) is 11.6 Å². The van der Waals surface area contributed by atoms with Crippen LogP contribution in [0.4, 0.5) is 10.1 Å². The molecule has 29 heavy (non-hydrogen) atoms. The highest BCUT2D eigenvalue weighted by Crippen LogP contribution is 2.26. The molecule has 0 N–H and O–H groups in total. The van der Waals surface area contributed by atoms with Crippen molar-refractivity contribution in [2.24, 2.45) is 0 Å². The molecule has 148 valence electrons. The number of methoxy groups -OCH3 is 1. The number of nitrogens with zero attached hydrogens (tertiary/aromatic N) is 1. The Morgan fingerprint density at radius 1 is 0.931 bits per heavy atom. The number of sulfonamides is 1. The fraction of sp³-hybridized carbons (Fsp3) is 0.0455. The van der Waals surface area contributed by atoms with Gasteiger partial charge in [0, 0.05) is 6.08 Å². The largest absolute Gasteiger partial charge is 0.497 e. The van der Waals surface area contributed by atoms with Gasteiger partial charge in [-0.05, 0) is 60.2 Å². The summed E-state index contributed by atoms with van der Waals surface area (Å²) in [4.78, 5) is 12.9. The third kappa shape index (κ3) is 4.70. The van der Waals surface area contributed by atoms with Gasteiger partial charge in [0.2, 0.25) is 0 Å². The molecule has 3 aromatic carbocycles. The molecule has 0 bridgehead atoms. The molecule has 0 aromatic heterocycles. The number of ether oxygens (including phenoxy) is 1. The van der Waals surface area contributed by atoms with Crippen LogP contribution in [0.1, 0.15) is 5.56 Å². The number of hydrogen-bond donors (Lipinski definition) is 0. The summed E-state index contributed by atoms with van der Waals surface area (Å²) in [5.41, 5.74) is 0.731. The SMILES string of the molecule is COc1ccc(N(C(=O)/C=C/c2ccc(F)cc2)S(=O)(=O)c2ccccc2)cc1. The maximum absolute atomic E-state index is 13.2. The first-order valence-electron chi connectivity index (χ1n) is 8.64. The van der Waals surface area contributed by atoms with Gasteiger partial charge in [0.15, 0.2) is 0 Å². The third-order valence-electron chi connectivity index (χ3n) is 4.08. The van der Waals surface area contributed by atoms with Crippen LogP contribution >= 0.6 is 0 Å². The lowest BCUT2D eigenvalue weighted by Crippen LogP contribution is -2.35. The minimum absolute atomic E-state index is 0.0145. The lowest BCUT2D eigenvalue weighted by molar-refractivity contribution is -0.113. The van der Waals surface area contributed by atoms with E-state index in [2.05, 4.69) is 0 Å². The van der Waals surface area contributed by atoms with Gasteiger partial charge in [0.25, 0.3) is 15.9 Å². The molecule has 0 aliphatic heterocycles. The summed E-state index contributed by atoms with van der Waals surface area (Å²) < 4.78 is 45.2. The Bertz CT molecular complexity index is 1110. The summed E-state index contributed by atoms with van der Waals surface area (Å²) in [5.74, 6) is -0.636. The first-order chi connectivity index (χ1) is 13.9. The Hall–Kier alpha value is -3.45. The van der Waals surface area contributed by atoms with Crippen LogP contribution in [0.5, 0.6) is 5.75 Å². The highest BCUT2D eigenvalue weighted by molar-refractivity contribution is 7.93. The monoisotopic (exact) mass is 411 g/mol. The second-order valence-electron chi connectivity index (χ2n) is 6.00. The zero-order chi connectivity index (χ0) is 20.9. The van der Waals surface area contributed by atoms with Gasteiger partial charge >= 0.3 is 0 Å². The van der Waals surface area contributed by atoms with E-state index in [0.29, 0.717) is 11.3 Å². The van der Waals surface area contributed by atoms with E-state index < -0.39 is 21.7 Å². The Labute approximate surface area is 168 Å². The summed E-state index contributed by atoms with van der Waals surface area (Å²) in [6.07, 6.45) is 2.57. The summed E-state index contributed by atoms with van der Waals surface area (Å²) in [5, 5.41) is 0. The van der Waals surface area contributed by atoms with Crippen molar-refractivity contribution in [1.29, 1.82) is 0 Å². The second-order valence-corrected chi connectivity index (χ2v) is 7.79. The number of rotatable bonds is 6. The van der Waals surface area contributed by atoms with Crippen molar-refractivity contribution in [2.45, 2.75) is 4.90 Å². The van der Waals surface area contributed by atoms with Crippen LogP contribution in [0.25, 0.3) is 6.08 Å². The van der Waals surface area contributed by atoms with Crippen molar-refractivity contribution in [1.82, 2.24) is 0 Å². The van der Waals surface area contributed by atoms with E-state index in [9.17, 15) is 17.6 Å². The molecule has 0 spiro atoms. The lowest BCUT2D eigenvalue weighted by Gasteiger charge is -2.21. The summed E-state index contributed by atoms with van der Waals surface area (Å²) in [6, 6.07) is 19.3. The Morgan fingerprint density at radius 2 is 1.55 bits per heavy atom. The van der Waals surface area contributed by atoms with Crippen LogP contribution in [-0.4, -0.2) is 21.4 Å². The molecule has 0 radical (unpaired) electrons. The fourth-order valence-electron chi connectivity index (χ4n) is 2.61. The molecule has 0 fully saturated rings. The number of halogens is 1.